The first-order chi connectivity index (χ1) is 15.3. The van der Waals surface area contributed by atoms with Crippen LogP contribution in [0.5, 0.6) is 5.75 Å². The molecule has 0 unspecified atom stereocenters. The van der Waals surface area contributed by atoms with Crippen molar-refractivity contribution in [2.24, 2.45) is 0 Å². The number of hydrogen-bond acceptors (Lipinski definition) is 2. The smallest absolute Gasteiger partial charge is 0.872 e. The first-order valence-electron chi connectivity index (χ1n) is 10.3. The predicted octanol–water partition coefficient (Wildman–Crippen LogP) is 2.77. The summed E-state index contributed by atoms with van der Waals surface area (Å²) in [6, 6.07) is 34.2. The van der Waals surface area contributed by atoms with Gasteiger partial charge in [0.15, 0.2) is 0 Å². The van der Waals surface area contributed by atoms with Gasteiger partial charge in [-0.15, -0.1) is 0 Å². The van der Waals surface area contributed by atoms with Crippen molar-refractivity contribution in [1.82, 2.24) is 4.98 Å². The fourth-order valence-corrected chi connectivity index (χ4v) is 4.18. The van der Waals surface area contributed by atoms with Gasteiger partial charge in [0.25, 0.3) is 0 Å². The van der Waals surface area contributed by atoms with Crippen molar-refractivity contribution in [3.05, 3.63) is 103 Å². The maximum atomic E-state index is 12.3. The van der Waals surface area contributed by atoms with Gasteiger partial charge in [-0.25, -0.2) is 9.97 Å². The van der Waals surface area contributed by atoms with Crippen molar-refractivity contribution in [1.29, 1.82) is 0 Å². The first-order valence-corrected chi connectivity index (χ1v) is 10.3. The minimum atomic E-state index is 0. The zero-order valence-electron chi connectivity index (χ0n) is 17.7. The summed E-state index contributed by atoms with van der Waals surface area (Å²) in [5.41, 5.74) is 5.29. The molecule has 0 aliphatic rings. The summed E-state index contributed by atoms with van der Waals surface area (Å²) in [5.74, 6) is 0.00292. The van der Waals surface area contributed by atoms with E-state index >= 15 is 0 Å². The Balaban J connectivity index is 0.00000216. The van der Waals surface area contributed by atoms with Crippen molar-refractivity contribution < 1.29 is 29.0 Å². The van der Waals surface area contributed by atoms with E-state index < -0.39 is 0 Å². The van der Waals surface area contributed by atoms with Crippen LogP contribution in [-0.4, -0.2) is 4.98 Å². The van der Waals surface area contributed by atoms with Gasteiger partial charge in [0.1, 0.15) is 5.52 Å². The van der Waals surface area contributed by atoms with Crippen LogP contribution in [0.1, 0.15) is 0 Å². The molecular weight excluding hydrogens is 387 g/mol. The Labute approximate surface area is 197 Å². The van der Waals surface area contributed by atoms with Crippen LogP contribution in [0.25, 0.3) is 55.1 Å². The molecule has 0 radical (unpaired) electrons. The Morgan fingerprint density at radius 1 is 0.625 bits per heavy atom. The molecule has 1 N–H and O–H groups in total. The van der Waals surface area contributed by atoms with Crippen LogP contribution in [0, 0.1) is 0 Å². The van der Waals surface area contributed by atoms with E-state index in [1.54, 1.807) is 12.1 Å². The molecule has 0 spiro atoms. The molecule has 0 aliphatic heterocycles. The van der Waals surface area contributed by atoms with Gasteiger partial charge in [-0.05, 0) is 41.1 Å². The van der Waals surface area contributed by atoms with E-state index in [1.165, 1.54) is 10.8 Å². The average molecular weight is 405 g/mol. The summed E-state index contributed by atoms with van der Waals surface area (Å²) in [6.45, 7) is 0. The molecule has 0 bridgehead atoms. The molecule has 0 atom stereocenters. The summed E-state index contributed by atoms with van der Waals surface area (Å²) >= 11 is 0. The van der Waals surface area contributed by atoms with Gasteiger partial charge in [-0.1, -0.05) is 72.5 Å². The second-order valence-electron chi connectivity index (χ2n) is 7.73. The topological polar surface area (TPSA) is 50.1 Å². The van der Waals surface area contributed by atoms with Crippen LogP contribution in [0.2, 0.25) is 0 Å². The molecule has 0 aliphatic carbocycles. The zero-order valence-corrected chi connectivity index (χ0v) is 17.7. The SMILES string of the molecule is [Li+].[O-]c1ccccc1-c1ccc2ccc3ccc(-c4ccc5ccccc5c4)nc3c2[nH+]1. The number of nitrogens with zero attached hydrogens (tertiary/aromatic N) is 1. The molecule has 6 aromatic rings. The second kappa shape index (κ2) is 8.13. The van der Waals surface area contributed by atoms with Gasteiger partial charge in [0, 0.05) is 28.0 Å². The van der Waals surface area contributed by atoms with Gasteiger partial charge in [-0.2, -0.15) is 0 Å². The van der Waals surface area contributed by atoms with Crippen LogP contribution in [0.3, 0.4) is 0 Å². The number of hydrogen-bond donors (Lipinski definition) is 0. The van der Waals surface area contributed by atoms with E-state index in [-0.39, 0.29) is 24.6 Å². The van der Waals surface area contributed by atoms with E-state index in [2.05, 4.69) is 71.7 Å². The van der Waals surface area contributed by atoms with Crippen molar-refractivity contribution in [2.75, 3.05) is 0 Å². The van der Waals surface area contributed by atoms with Crippen molar-refractivity contribution in [3.63, 3.8) is 0 Å². The zero-order chi connectivity index (χ0) is 20.8. The molecule has 0 saturated carbocycles. The number of fused-ring (bicyclic) bond motifs is 4. The molecule has 2 aromatic heterocycles. The van der Waals surface area contributed by atoms with E-state index in [4.69, 9.17) is 4.98 Å². The summed E-state index contributed by atoms with van der Waals surface area (Å²) < 4.78 is 0. The number of aromatic nitrogens is 2. The van der Waals surface area contributed by atoms with E-state index in [9.17, 15) is 5.11 Å². The molecule has 0 fully saturated rings. The third-order valence-electron chi connectivity index (χ3n) is 5.81. The Bertz CT molecular complexity index is 1610. The molecule has 0 saturated heterocycles. The molecule has 4 aromatic carbocycles. The number of aromatic amines is 1. The minimum absolute atomic E-state index is 0. The molecule has 6 rings (SSSR count). The van der Waals surface area contributed by atoms with Crippen LogP contribution in [-0.2, 0) is 0 Å². The Kier molecular flexibility index (Phi) is 5.15. The van der Waals surface area contributed by atoms with E-state index in [0.29, 0.717) is 5.56 Å². The van der Waals surface area contributed by atoms with Crippen molar-refractivity contribution in [3.8, 4) is 28.3 Å². The van der Waals surface area contributed by atoms with Gasteiger partial charge < -0.3 is 5.11 Å². The van der Waals surface area contributed by atoms with Gasteiger partial charge >= 0.3 is 18.9 Å². The van der Waals surface area contributed by atoms with Crippen LogP contribution >= 0.6 is 0 Å². The number of pyridine rings is 2. The fraction of sp³-hybridized carbons (Fsp3) is 0. The fourth-order valence-electron chi connectivity index (χ4n) is 4.18. The molecule has 4 heteroatoms. The number of benzene rings is 4. The molecule has 2 heterocycles. The van der Waals surface area contributed by atoms with Crippen LogP contribution in [0.4, 0.5) is 0 Å². The van der Waals surface area contributed by atoms with Crippen LogP contribution < -0.4 is 29.0 Å². The third-order valence-corrected chi connectivity index (χ3v) is 5.81. The number of rotatable bonds is 2. The molecule has 146 valence electrons. The van der Waals surface area contributed by atoms with E-state index in [0.717, 1.165) is 38.8 Å². The molecular formula is C28H18LiN2O+. The largest absolute Gasteiger partial charge is 1.00 e. The number of H-pyrrole nitrogens is 1. The summed E-state index contributed by atoms with van der Waals surface area (Å²) in [6.07, 6.45) is 0. The van der Waals surface area contributed by atoms with E-state index in [1.807, 2.05) is 24.3 Å². The maximum absolute atomic E-state index is 12.3. The van der Waals surface area contributed by atoms with Gasteiger partial charge in [-0.3, -0.25) is 0 Å². The molecule has 3 nitrogen and oxygen atoms in total. The quantitative estimate of drug-likeness (QED) is 0.329. The Hall–Kier alpha value is -3.64. The summed E-state index contributed by atoms with van der Waals surface area (Å²) in [7, 11) is 0. The predicted molar refractivity (Wildman–Crippen MR) is 124 cm³/mol. The van der Waals surface area contributed by atoms with Crippen LogP contribution in [0.15, 0.2) is 103 Å². The van der Waals surface area contributed by atoms with Gasteiger partial charge in [0.05, 0.1) is 5.69 Å². The third kappa shape index (κ3) is 3.42. The minimum Gasteiger partial charge on any atom is -0.872 e. The second-order valence-corrected chi connectivity index (χ2v) is 7.73. The maximum Gasteiger partial charge on any atom is 1.00 e. The summed E-state index contributed by atoms with van der Waals surface area (Å²) in [5, 5.41) is 16.9. The number of nitrogens with one attached hydrogen (secondary N) is 1. The first kappa shape index (κ1) is 20.3. The average Bonchev–Trinajstić information content (AvgIpc) is 2.83. The normalized spacial score (nSPS) is 11.0. The number of para-hydroxylation sites is 1. The van der Waals surface area contributed by atoms with Gasteiger partial charge in [0.2, 0.25) is 11.2 Å². The van der Waals surface area contributed by atoms with Crippen molar-refractivity contribution >= 4 is 32.6 Å². The molecule has 32 heavy (non-hydrogen) atoms. The summed E-state index contributed by atoms with van der Waals surface area (Å²) in [4.78, 5) is 8.50. The Morgan fingerprint density at radius 3 is 2.19 bits per heavy atom. The monoisotopic (exact) mass is 405 g/mol. The standard InChI is InChI=1S/C28H18N2O.Li/c31-26-8-4-3-7-23(26)25-16-14-20-11-10-19-13-15-24(29-27(19)28(20)30-25)22-12-9-18-5-1-2-6-21(18)17-22;/h1-17,31H;/q;+1. The molecule has 0 amide bonds. The van der Waals surface area contributed by atoms with Crippen molar-refractivity contribution in [2.45, 2.75) is 0 Å². The Morgan fingerprint density at radius 2 is 1.31 bits per heavy atom.